The predicted octanol–water partition coefficient (Wildman–Crippen LogP) is 4.16. The Bertz CT molecular complexity index is 1180. The van der Waals surface area contributed by atoms with Crippen LogP contribution in [0, 0.1) is 0 Å². The summed E-state index contributed by atoms with van der Waals surface area (Å²) in [6, 6.07) is 22.3. The highest BCUT2D eigenvalue weighted by Gasteiger charge is 2.14. The van der Waals surface area contributed by atoms with Gasteiger partial charge in [0.25, 0.3) is 0 Å². The van der Waals surface area contributed by atoms with Crippen molar-refractivity contribution in [1.29, 1.82) is 0 Å². The third-order valence-electron chi connectivity index (χ3n) is 4.98. The largest absolute Gasteiger partial charge is 0.508 e. The first-order valence-corrected chi connectivity index (χ1v) is 10.8. The Balaban J connectivity index is 1.47. The first-order valence-electron chi connectivity index (χ1n) is 10.8. The number of amides is 1. The molecule has 172 valence electrons. The summed E-state index contributed by atoms with van der Waals surface area (Å²) in [5, 5.41) is 12.1. The summed E-state index contributed by atoms with van der Waals surface area (Å²) in [5.74, 6) is -0.760. The zero-order valence-corrected chi connectivity index (χ0v) is 18.6. The number of phenolic OH excluding ortho intramolecular Hbond substituents is 1. The number of ketones is 2. The van der Waals surface area contributed by atoms with E-state index in [0.29, 0.717) is 12.1 Å². The second kappa shape index (κ2) is 12.1. The van der Waals surface area contributed by atoms with E-state index in [1.807, 2.05) is 30.3 Å². The van der Waals surface area contributed by atoms with Crippen molar-refractivity contribution in [3.8, 4) is 5.75 Å². The molecule has 1 amide bonds. The number of hydrogen-bond donors (Lipinski definition) is 3. The third kappa shape index (κ3) is 8.00. The summed E-state index contributed by atoms with van der Waals surface area (Å²) in [4.78, 5) is 36.4. The summed E-state index contributed by atoms with van der Waals surface area (Å²) in [6.45, 7) is 0. The van der Waals surface area contributed by atoms with E-state index >= 15 is 0 Å². The maximum absolute atomic E-state index is 12.3. The number of allylic oxidation sites excluding steroid dienone is 2. The van der Waals surface area contributed by atoms with E-state index in [9.17, 15) is 19.5 Å². The second-order valence-electron chi connectivity index (χ2n) is 7.78. The van der Waals surface area contributed by atoms with Crippen LogP contribution in [0.15, 0.2) is 91.0 Å². The molecule has 4 N–H and O–H groups in total. The molecular formula is C28H26N2O4. The van der Waals surface area contributed by atoms with Crippen molar-refractivity contribution in [2.75, 3.05) is 5.32 Å². The van der Waals surface area contributed by atoms with Crippen LogP contribution in [-0.4, -0.2) is 28.6 Å². The number of carbonyl (C=O) groups excluding carboxylic acids is 3. The van der Waals surface area contributed by atoms with Crippen LogP contribution >= 0.6 is 0 Å². The number of benzene rings is 3. The SMILES string of the molecule is N[C@@H](Cc1ccccc1)C(=O)Nc1ccc(C=CC(=O)CC(=O)C=Cc2ccc(O)cc2)cc1. The van der Waals surface area contributed by atoms with Gasteiger partial charge in [-0.1, -0.05) is 66.7 Å². The lowest BCUT2D eigenvalue weighted by molar-refractivity contribution is -0.122. The Labute approximate surface area is 198 Å². The molecule has 0 aliphatic heterocycles. The first kappa shape index (κ1) is 24.4. The lowest BCUT2D eigenvalue weighted by atomic mass is 10.1. The normalized spacial score (nSPS) is 12.0. The fourth-order valence-electron chi connectivity index (χ4n) is 3.13. The molecule has 0 saturated carbocycles. The number of aromatic hydroxyl groups is 1. The molecule has 3 rings (SSSR count). The van der Waals surface area contributed by atoms with E-state index < -0.39 is 6.04 Å². The molecular weight excluding hydrogens is 428 g/mol. The summed E-state index contributed by atoms with van der Waals surface area (Å²) in [7, 11) is 0. The van der Waals surface area contributed by atoms with Crippen LogP contribution < -0.4 is 11.1 Å². The predicted molar refractivity (Wildman–Crippen MR) is 134 cm³/mol. The molecule has 3 aromatic carbocycles. The van der Waals surface area contributed by atoms with Crippen LogP contribution in [-0.2, 0) is 20.8 Å². The molecule has 0 saturated heterocycles. The van der Waals surface area contributed by atoms with Crippen molar-refractivity contribution in [3.63, 3.8) is 0 Å². The Morgan fingerprint density at radius 2 is 1.32 bits per heavy atom. The zero-order chi connectivity index (χ0) is 24.3. The number of anilines is 1. The Morgan fingerprint density at radius 3 is 1.88 bits per heavy atom. The fraction of sp³-hybridized carbons (Fsp3) is 0.107. The van der Waals surface area contributed by atoms with E-state index in [0.717, 1.165) is 16.7 Å². The Hall–Kier alpha value is -4.29. The Morgan fingerprint density at radius 1 is 0.794 bits per heavy atom. The average Bonchev–Trinajstić information content (AvgIpc) is 2.84. The highest BCUT2D eigenvalue weighted by molar-refractivity contribution is 6.10. The van der Waals surface area contributed by atoms with Crippen molar-refractivity contribution >= 4 is 35.3 Å². The first-order chi connectivity index (χ1) is 16.4. The smallest absolute Gasteiger partial charge is 0.241 e. The van der Waals surface area contributed by atoms with Crippen molar-refractivity contribution in [1.82, 2.24) is 0 Å². The molecule has 0 aliphatic carbocycles. The van der Waals surface area contributed by atoms with E-state index in [4.69, 9.17) is 5.73 Å². The maximum atomic E-state index is 12.3. The quantitative estimate of drug-likeness (QED) is 0.315. The molecule has 3 aromatic rings. The van der Waals surface area contributed by atoms with Gasteiger partial charge in [0.05, 0.1) is 12.5 Å². The number of carbonyl (C=O) groups is 3. The average molecular weight is 455 g/mol. The van der Waals surface area contributed by atoms with E-state index in [1.54, 1.807) is 48.6 Å². The van der Waals surface area contributed by atoms with Gasteiger partial charge in [0.2, 0.25) is 5.91 Å². The molecule has 0 radical (unpaired) electrons. The molecule has 34 heavy (non-hydrogen) atoms. The number of nitrogens with two attached hydrogens (primary N) is 1. The van der Waals surface area contributed by atoms with Gasteiger partial charge in [-0.2, -0.15) is 0 Å². The van der Waals surface area contributed by atoms with Gasteiger partial charge in [0.15, 0.2) is 11.6 Å². The molecule has 0 bridgehead atoms. The standard InChI is InChI=1S/C28H26N2O4/c29-27(18-22-4-2-1-3-5-22)28(34)30-23-12-6-20(7-13-23)10-16-25(32)19-26(33)17-11-21-8-14-24(31)15-9-21/h1-17,27,31H,18-19,29H2,(H,30,34)/t27-/m0/s1. The van der Waals surface area contributed by atoms with Crippen molar-refractivity contribution in [3.05, 3.63) is 108 Å². The van der Waals surface area contributed by atoms with Crippen LogP contribution in [0.4, 0.5) is 5.69 Å². The second-order valence-corrected chi connectivity index (χ2v) is 7.78. The van der Waals surface area contributed by atoms with Crippen LogP contribution in [0.1, 0.15) is 23.1 Å². The topological polar surface area (TPSA) is 109 Å². The molecule has 1 atom stereocenters. The van der Waals surface area contributed by atoms with Gasteiger partial charge in [-0.3, -0.25) is 14.4 Å². The minimum atomic E-state index is -0.666. The molecule has 0 unspecified atom stereocenters. The van der Waals surface area contributed by atoms with E-state index in [1.165, 1.54) is 24.3 Å². The highest BCUT2D eigenvalue weighted by atomic mass is 16.3. The van der Waals surface area contributed by atoms with Gasteiger partial charge >= 0.3 is 0 Å². The van der Waals surface area contributed by atoms with Gasteiger partial charge in [-0.05, 0) is 59.5 Å². The number of rotatable bonds is 10. The van der Waals surface area contributed by atoms with Crippen molar-refractivity contribution in [2.24, 2.45) is 5.73 Å². The summed E-state index contributed by atoms with van der Waals surface area (Å²) in [5.41, 5.74) is 9.11. The van der Waals surface area contributed by atoms with Gasteiger partial charge in [-0.15, -0.1) is 0 Å². The van der Waals surface area contributed by atoms with Gasteiger partial charge < -0.3 is 16.2 Å². The number of nitrogens with one attached hydrogen (secondary N) is 1. The summed E-state index contributed by atoms with van der Waals surface area (Å²) < 4.78 is 0. The highest BCUT2D eigenvalue weighted by Crippen LogP contribution is 2.13. The molecule has 0 heterocycles. The minimum absolute atomic E-state index is 0.144. The Kier molecular flexibility index (Phi) is 8.66. The molecule has 0 aromatic heterocycles. The van der Waals surface area contributed by atoms with Crippen molar-refractivity contribution < 1.29 is 19.5 Å². The van der Waals surface area contributed by atoms with Gasteiger partial charge in [-0.25, -0.2) is 0 Å². The van der Waals surface area contributed by atoms with Gasteiger partial charge in [0, 0.05) is 5.69 Å². The van der Waals surface area contributed by atoms with E-state index in [2.05, 4.69) is 5.32 Å². The van der Waals surface area contributed by atoms with E-state index in [-0.39, 0.29) is 29.6 Å². The van der Waals surface area contributed by atoms with Crippen LogP contribution in [0.5, 0.6) is 5.75 Å². The maximum Gasteiger partial charge on any atom is 0.241 e. The molecule has 0 aliphatic rings. The third-order valence-corrected chi connectivity index (χ3v) is 4.98. The lowest BCUT2D eigenvalue weighted by Crippen LogP contribution is -2.37. The zero-order valence-electron chi connectivity index (χ0n) is 18.6. The lowest BCUT2D eigenvalue weighted by Gasteiger charge is -2.12. The molecule has 0 spiro atoms. The number of phenols is 1. The minimum Gasteiger partial charge on any atom is -0.508 e. The molecule has 6 heteroatoms. The number of hydrogen-bond acceptors (Lipinski definition) is 5. The monoisotopic (exact) mass is 454 g/mol. The van der Waals surface area contributed by atoms with Crippen LogP contribution in [0.25, 0.3) is 12.2 Å². The summed E-state index contributed by atoms with van der Waals surface area (Å²) in [6.07, 6.45) is 6.12. The van der Waals surface area contributed by atoms with Crippen molar-refractivity contribution in [2.45, 2.75) is 18.9 Å². The fourth-order valence-corrected chi connectivity index (χ4v) is 3.13. The van der Waals surface area contributed by atoms with Gasteiger partial charge in [0.1, 0.15) is 5.75 Å². The van der Waals surface area contributed by atoms with Crippen LogP contribution in [0.2, 0.25) is 0 Å². The van der Waals surface area contributed by atoms with Crippen LogP contribution in [0.3, 0.4) is 0 Å². The molecule has 6 nitrogen and oxygen atoms in total. The summed E-state index contributed by atoms with van der Waals surface area (Å²) >= 11 is 0. The molecule has 0 fully saturated rings.